The third kappa shape index (κ3) is 11.2. The molecule has 0 aromatic heterocycles. The predicted molar refractivity (Wildman–Crippen MR) is 167 cm³/mol. The van der Waals surface area contributed by atoms with Gasteiger partial charge < -0.3 is 34.2 Å². The average molecular weight is 633 g/mol. The van der Waals surface area contributed by atoms with Crippen LogP contribution in [-0.2, 0) is 0 Å². The van der Waals surface area contributed by atoms with Gasteiger partial charge in [0.1, 0.15) is 23.6 Å². The molecule has 4 aromatic carbocycles. The van der Waals surface area contributed by atoms with Gasteiger partial charge in [-0.3, -0.25) is 5.32 Å². The number of ether oxygens (including phenoxy) is 6. The first-order valence-electron chi connectivity index (χ1n) is 12.7. The first-order valence-corrected chi connectivity index (χ1v) is 13.1. The van der Waals surface area contributed by atoms with E-state index >= 15 is 0 Å². The molecule has 0 aliphatic heterocycles. The second kappa shape index (κ2) is 18.4. The van der Waals surface area contributed by atoms with Crippen molar-refractivity contribution >= 4 is 34.5 Å². The van der Waals surface area contributed by atoms with Gasteiger partial charge in [0.2, 0.25) is 0 Å². The molecule has 232 valence electrons. The quantitative estimate of drug-likeness (QED) is 0.162. The Bertz CT molecular complexity index is 1660. The van der Waals surface area contributed by atoms with Crippen molar-refractivity contribution in [3.05, 3.63) is 96.1 Å². The van der Waals surface area contributed by atoms with Crippen molar-refractivity contribution in [2.24, 2.45) is 0 Å². The summed E-state index contributed by atoms with van der Waals surface area (Å²) in [5.74, 6) is 2.70. The monoisotopic (exact) mass is 632 g/mol. The van der Waals surface area contributed by atoms with E-state index in [9.17, 15) is 9.59 Å². The van der Waals surface area contributed by atoms with E-state index in [1.165, 1.54) is 40.6 Å². The zero-order chi connectivity index (χ0) is 33.2. The summed E-state index contributed by atoms with van der Waals surface area (Å²) < 4.78 is 29.9. The molecule has 0 aliphatic rings. The molecule has 3 N–H and O–H groups in total. The molecule has 0 radical (unpaired) electrons. The van der Waals surface area contributed by atoms with E-state index in [1.807, 2.05) is 24.3 Å². The Hall–Kier alpha value is -6.11. The second-order valence-electron chi connectivity index (χ2n) is 8.25. The summed E-state index contributed by atoms with van der Waals surface area (Å²) in [6, 6.07) is 27.3. The Morgan fingerprint density at radius 2 is 1.09 bits per heavy atom. The normalized spacial score (nSPS) is 9.22. The van der Waals surface area contributed by atoms with Crippen LogP contribution >= 0.6 is 11.6 Å². The predicted octanol–water partition coefficient (Wildman–Crippen LogP) is 6.77. The van der Waals surface area contributed by atoms with E-state index in [-0.39, 0.29) is 11.3 Å². The van der Waals surface area contributed by atoms with Crippen LogP contribution in [0.2, 0.25) is 0 Å². The lowest BCUT2D eigenvalue weighted by atomic mass is 10.1. The fraction of sp³-hybridized carbons (Fsp3) is 0.125. The van der Waals surface area contributed by atoms with Gasteiger partial charge in [0, 0.05) is 35.9 Å². The number of nitrogens with zero attached hydrogens (tertiary/aromatic N) is 2. The molecule has 0 aliphatic carbocycles. The minimum Gasteiger partial charge on any atom is -0.493 e. The standard InChI is InChI=1S/C16H14N2O4.C9H10N2O2.C7H5ClO2/c1-20-14-8-11(10-17)13(9-15(14)21-2)18-16(19)22-12-6-4-3-5-7-12;1-12-8-3-6(5-10)7(11)4-9(8)13-2;8-7(9)10-6-4-2-1-3-5-6/h3-9H,1-2H3,(H,18,19);3-4H,11H2,1-2H3;1-5H. The number of nitriles is 2. The topological polar surface area (TPSA) is 175 Å². The number of anilines is 2. The van der Waals surface area contributed by atoms with Gasteiger partial charge in [-0.1, -0.05) is 36.4 Å². The van der Waals surface area contributed by atoms with Crippen LogP contribution in [0.4, 0.5) is 21.0 Å². The maximum absolute atomic E-state index is 11.9. The maximum Gasteiger partial charge on any atom is 0.417 e. The van der Waals surface area contributed by atoms with Crippen LogP contribution < -0.4 is 39.5 Å². The van der Waals surface area contributed by atoms with Crippen LogP contribution in [0, 0.1) is 22.7 Å². The summed E-state index contributed by atoms with van der Waals surface area (Å²) in [5.41, 5.74) is 6.05. The Morgan fingerprint density at radius 3 is 1.53 bits per heavy atom. The molecule has 12 nitrogen and oxygen atoms in total. The van der Waals surface area contributed by atoms with Crippen molar-refractivity contribution in [2.75, 3.05) is 39.5 Å². The van der Waals surface area contributed by atoms with Crippen molar-refractivity contribution in [2.45, 2.75) is 0 Å². The third-order valence-electron chi connectivity index (χ3n) is 5.45. The van der Waals surface area contributed by atoms with Gasteiger partial charge in [0.15, 0.2) is 23.0 Å². The Labute approximate surface area is 265 Å². The molecule has 45 heavy (non-hydrogen) atoms. The molecule has 0 fully saturated rings. The molecule has 0 saturated carbocycles. The fourth-order valence-electron chi connectivity index (χ4n) is 3.38. The van der Waals surface area contributed by atoms with E-state index in [0.29, 0.717) is 45.7 Å². The third-order valence-corrected chi connectivity index (χ3v) is 5.53. The minimum atomic E-state index is -0.814. The van der Waals surface area contributed by atoms with Crippen molar-refractivity contribution in [3.8, 4) is 46.6 Å². The number of carbonyl (C=O) groups is 2. The van der Waals surface area contributed by atoms with Crippen LogP contribution in [-0.4, -0.2) is 40.0 Å². The van der Waals surface area contributed by atoms with Gasteiger partial charge in [0.25, 0.3) is 0 Å². The number of halogens is 1. The van der Waals surface area contributed by atoms with Crippen LogP contribution in [0.3, 0.4) is 0 Å². The summed E-state index contributed by atoms with van der Waals surface area (Å²) in [7, 11) is 5.96. The highest BCUT2D eigenvalue weighted by Gasteiger charge is 2.14. The van der Waals surface area contributed by atoms with Crippen molar-refractivity contribution in [1.82, 2.24) is 0 Å². The van der Waals surface area contributed by atoms with Crippen molar-refractivity contribution in [3.63, 3.8) is 0 Å². The lowest BCUT2D eigenvalue weighted by molar-refractivity contribution is 0.215. The van der Waals surface area contributed by atoms with E-state index in [2.05, 4.69) is 10.1 Å². The number of carbonyl (C=O) groups excluding carboxylic acids is 2. The smallest absolute Gasteiger partial charge is 0.417 e. The van der Waals surface area contributed by atoms with Crippen LogP contribution in [0.1, 0.15) is 11.1 Å². The number of hydrogen-bond donors (Lipinski definition) is 2. The Kier molecular flexibility index (Phi) is 14.4. The number of benzene rings is 4. The number of nitrogens with two attached hydrogens (primary N) is 1. The molecule has 13 heteroatoms. The number of nitrogen functional groups attached to an aromatic ring is 1. The molecular formula is C32H29ClN4O8. The lowest BCUT2D eigenvalue weighted by Crippen LogP contribution is -2.17. The number of rotatable bonds is 7. The number of methoxy groups -OCH3 is 4. The number of para-hydroxylation sites is 2. The first-order chi connectivity index (χ1) is 21.7. The zero-order valence-electron chi connectivity index (χ0n) is 24.7. The summed E-state index contributed by atoms with van der Waals surface area (Å²) in [4.78, 5) is 22.0. The Balaban J connectivity index is 0.000000259. The van der Waals surface area contributed by atoms with Crippen molar-refractivity contribution in [1.29, 1.82) is 10.5 Å². The van der Waals surface area contributed by atoms with Crippen LogP contribution in [0.25, 0.3) is 0 Å². The van der Waals surface area contributed by atoms with E-state index in [1.54, 1.807) is 60.7 Å². The summed E-state index contributed by atoms with van der Waals surface area (Å²) in [5, 5.41) is 20.4. The summed E-state index contributed by atoms with van der Waals surface area (Å²) >= 11 is 4.95. The van der Waals surface area contributed by atoms with Gasteiger partial charge in [-0.05, 0) is 24.3 Å². The molecule has 0 heterocycles. The largest absolute Gasteiger partial charge is 0.493 e. The highest BCUT2D eigenvalue weighted by Crippen LogP contribution is 2.33. The molecule has 4 aromatic rings. The number of hydrogen-bond acceptors (Lipinski definition) is 11. The molecule has 0 atom stereocenters. The van der Waals surface area contributed by atoms with Gasteiger partial charge in [-0.15, -0.1) is 0 Å². The minimum absolute atomic E-state index is 0.239. The van der Waals surface area contributed by atoms with Gasteiger partial charge >= 0.3 is 11.5 Å². The van der Waals surface area contributed by atoms with Crippen LogP contribution in [0.15, 0.2) is 84.9 Å². The van der Waals surface area contributed by atoms with E-state index < -0.39 is 11.5 Å². The first kappa shape index (κ1) is 35.1. The highest BCUT2D eigenvalue weighted by atomic mass is 35.5. The van der Waals surface area contributed by atoms with Gasteiger partial charge in [-0.25, -0.2) is 9.59 Å². The molecular weight excluding hydrogens is 604 g/mol. The molecule has 0 saturated heterocycles. The van der Waals surface area contributed by atoms with Gasteiger partial charge in [-0.2, -0.15) is 10.5 Å². The van der Waals surface area contributed by atoms with Crippen molar-refractivity contribution < 1.29 is 38.0 Å². The fourth-order valence-corrected chi connectivity index (χ4v) is 3.47. The molecule has 0 spiro atoms. The van der Waals surface area contributed by atoms with Gasteiger partial charge in [0.05, 0.1) is 50.9 Å². The van der Waals surface area contributed by atoms with Crippen LogP contribution in [0.5, 0.6) is 34.5 Å². The second-order valence-corrected chi connectivity index (χ2v) is 8.56. The highest BCUT2D eigenvalue weighted by molar-refractivity contribution is 6.61. The average Bonchev–Trinajstić information content (AvgIpc) is 3.05. The molecule has 0 unspecified atom stereocenters. The summed E-state index contributed by atoms with van der Waals surface area (Å²) in [6.45, 7) is 0. The Morgan fingerprint density at radius 1 is 0.667 bits per heavy atom. The van der Waals surface area contributed by atoms with E-state index in [0.717, 1.165) is 0 Å². The number of nitrogens with one attached hydrogen (secondary N) is 1. The molecule has 4 rings (SSSR count). The lowest BCUT2D eigenvalue weighted by Gasteiger charge is -2.12. The zero-order valence-corrected chi connectivity index (χ0v) is 25.5. The summed E-state index contributed by atoms with van der Waals surface area (Å²) in [6.07, 6.45) is -0.699. The molecule has 1 amide bonds. The molecule has 0 bridgehead atoms. The number of amides is 1. The maximum atomic E-state index is 11.9. The van der Waals surface area contributed by atoms with E-state index in [4.69, 9.17) is 51.5 Å². The SMILES string of the molecule is COc1cc(C#N)c(NC(=O)Oc2ccccc2)cc1OC.COc1cc(N)c(C#N)cc1OC.O=C(Cl)Oc1ccccc1.